The molecule has 8 heteroatoms. The molecule has 20 heavy (non-hydrogen) atoms. The van der Waals surface area contributed by atoms with Crippen LogP contribution in [0.4, 0.5) is 0 Å². The standard InChI is InChI=1S/C12H11N5S3/c1-2-8(18-5-1)10-13-9(14-15-10)6-19-12-17-16-11(20-12)7-3-4-7/h1-2,5,7H,3-4,6H2,(H,13,14,15). The zero-order valence-electron chi connectivity index (χ0n) is 10.4. The summed E-state index contributed by atoms with van der Waals surface area (Å²) in [5.74, 6) is 3.07. The molecule has 4 rings (SSSR count). The second-order valence-electron chi connectivity index (χ2n) is 4.55. The Morgan fingerprint density at radius 3 is 3.10 bits per heavy atom. The first-order chi connectivity index (χ1) is 9.88. The van der Waals surface area contributed by atoms with E-state index in [4.69, 9.17) is 0 Å². The molecule has 0 aromatic carbocycles. The summed E-state index contributed by atoms with van der Waals surface area (Å²) in [4.78, 5) is 5.59. The average molecular weight is 321 g/mol. The Morgan fingerprint density at radius 2 is 2.30 bits per heavy atom. The summed E-state index contributed by atoms with van der Waals surface area (Å²) >= 11 is 5.02. The van der Waals surface area contributed by atoms with Crippen molar-refractivity contribution in [1.82, 2.24) is 25.4 Å². The van der Waals surface area contributed by atoms with Crippen LogP contribution in [0, 0.1) is 0 Å². The molecular formula is C12H11N5S3. The molecule has 1 saturated carbocycles. The van der Waals surface area contributed by atoms with E-state index in [1.165, 1.54) is 17.8 Å². The largest absolute Gasteiger partial charge is 0.262 e. The van der Waals surface area contributed by atoms with Crippen LogP contribution in [0.5, 0.6) is 0 Å². The van der Waals surface area contributed by atoms with Crippen molar-refractivity contribution < 1.29 is 0 Å². The lowest BCUT2D eigenvalue weighted by molar-refractivity contribution is 0.936. The van der Waals surface area contributed by atoms with Crippen molar-refractivity contribution in [2.24, 2.45) is 0 Å². The van der Waals surface area contributed by atoms with Crippen LogP contribution in [0.2, 0.25) is 0 Å². The maximum absolute atomic E-state index is 4.50. The van der Waals surface area contributed by atoms with Crippen LogP contribution in [0.1, 0.15) is 29.6 Å². The molecule has 0 bridgehead atoms. The second-order valence-corrected chi connectivity index (χ2v) is 7.73. The van der Waals surface area contributed by atoms with Gasteiger partial charge in [-0.2, -0.15) is 5.10 Å². The quantitative estimate of drug-likeness (QED) is 0.728. The van der Waals surface area contributed by atoms with E-state index >= 15 is 0 Å². The van der Waals surface area contributed by atoms with Gasteiger partial charge in [-0.1, -0.05) is 29.2 Å². The van der Waals surface area contributed by atoms with Crippen molar-refractivity contribution in [3.8, 4) is 10.7 Å². The maximum atomic E-state index is 4.50. The normalized spacial score (nSPS) is 14.8. The van der Waals surface area contributed by atoms with E-state index in [1.807, 2.05) is 17.5 Å². The van der Waals surface area contributed by atoms with Crippen LogP contribution >= 0.6 is 34.4 Å². The zero-order chi connectivity index (χ0) is 13.4. The van der Waals surface area contributed by atoms with Gasteiger partial charge in [0.05, 0.1) is 10.6 Å². The highest BCUT2D eigenvalue weighted by Crippen LogP contribution is 2.42. The van der Waals surface area contributed by atoms with Crippen molar-refractivity contribution in [1.29, 1.82) is 0 Å². The van der Waals surface area contributed by atoms with E-state index in [1.54, 1.807) is 34.4 Å². The van der Waals surface area contributed by atoms with Gasteiger partial charge in [0.25, 0.3) is 0 Å². The minimum Gasteiger partial charge on any atom is -0.262 e. The Balaban J connectivity index is 1.41. The Bertz CT molecular complexity index is 698. The van der Waals surface area contributed by atoms with Gasteiger partial charge in [0.1, 0.15) is 10.8 Å². The van der Waals surface area contributed by atoms with Gasteiger partial charge in [-0.15, -0.1) is 21.5 Å². The third kappa shape index (κ3) is 2.63. The number of aromatic nitrogens is 5. The van der Waals surface area contributed by atoms with E-state index < -0.39 is 0 Å². The number of nitrogens with one attached hydrogen (secondary N) is 1. The number of hydrogen-bond donors (Lipinski definition) is 1. The molecule has 1 N–H and O–H groups in total. The van der Waals surface area contributed by atoms with Crippen LogP contribution in [0.25, 0.3) is 10.7 Å². The van der Waals surface area contributed by atoms with Crippen molar-refractivity contribution >= 4 is 34.4 Å². The third-order valence-electron chi connectivity index (χ3n) is 2.95. The van der Waals surface area contributed by atoms with Gasteiger partial charge in [0.2, 0.25) is 0 Å². The van der Waals surface area contributed by atoms with Gasteiger partial charge in [0.15, 0.2) is 10.2 Å². The number of rotatable bonds is 5. The fourth-order valence-electron chi connectivity index (χ4n) is 1.78. The van der Waals surface area contributed by atoms with E-state index in [2.05, 4.69) is 25.4 Å². The molecule has 0 amide bonds. The van der Waals surface area contributed by atoms with Gasteiger partial charge in [0, 0.05) is 5.92 Å². The van der Waals surface area contributed by atoms with Crippen LogP contribution in [0.15, 0.2) is 21.9 Å². The minimum absolute atomic E-state index is 0.678. The lowest BCUT2D eigenvalue weighted by Crippen LogP contribution is -1.83. The molecule has 3 heterocycles. The maximum Gasteiger partial charge on any atom is 0.191 e. The SMILES string of the molecule is c1csc(-c2n[nH]c(CSc3nnc(C4CC4)s3)n2)c1. The van der Waals surface area contributed by atoms with Crippen LogP contribution in [-0.2, 0) is 5.75 Å². The van der Waals surface area contributed by atoms with E-state index in [0.29, 0.717) is 5.92 Å². The smallest absolute Gasteiger partial charge is 0.191 e. The van der Waals surface area contributed by atoms with Crippen LogP contribution in [0.3, 0.4) is 0 Å². The van der Waals surface area contributed by atoms with E-state index in [0.717, 1.165) is 26.6 Å². The molecule has 0 unspecified atom stereocenters. The summed E-state index contributed by atoms with van der Waals surface area (Å²) < 4.78 is 1.01. The van der Waals surface area contributed by atoms with Crippen LogP contribution < -0.4 is 0 Å². The van der Waals surface area contributed by atoms with E-state index in [9.17, 15) is 0 Å². The third-order valence-corrected chi connectivity index (χ3v) is 6.05. The zero-order valence-corrected chi connectivity index (χ0v) is 12.9. The molecule has 1 fully saturated rings. The predicted molar refractivity (Wildman–Crippen MR) is 81.1 cm³/mol. The van der Waals surface area contributed by atoms with Crippen molar-refractivity contribution in [3.05, 3.63) is 28.3 Å². The number of thiophene rings is 1. The second kappa shape index (κ2) is 5.27. The molecule has 0 saturated heterocycles. The molecule has 0 radical (unpaired) electrons. The first kappa shape index (κ1) is 12.5. The van der Waals surface area contributed by atoms with Gasteiger partial charge in [-0.3, -0.25) is 5.10 Å². The fraction of sp³-hybridized carbons (Fsp3) is 0.333. The lowest BCUT2D eigenvalue weighted by Gasteiger charge is -1.91. The molecule has 1 aliphatic carbocycles. The number of nitrogens with zero attached hydrogens (tertiary/aromatic N) is 4. The monoisotopic (exact) mass is 321 g/mol. The molecule has 1 aliphatic rings. The Kier molecular flexibility index (Phi) is 3.29. The number of thioether (sulfide) groups is 1. The molecule has 0 atom stereocenters. The molecule has 3 aromatic rings. The summed E-state index contributed by atoms with van der Waals surface area (Å²) in [5, 5.41) is 18.9. The lowest BCUT2D eigenvalue weighted by atomic mass is 10.4. The Morgan fingerprint density at radius 1 is 1.35 bits per heavy atom. The van der Waals surface area contributed by atoms with Crippen molar-refractivity contribution in [3.63, 3.8) is 0 Å². The molecule has 0 aliphatic heterocycles. The number of aromatic amines is 1. The number of H-pyrrole nitrogens is 1. The highest BCUT2D eigenvalue weighted by Gasteiger charge is 2.27. The van der Waals surface area contributed by atoms with Gasteiger partial charge in [-0.25, -0.2) is 4.98 Å². The summed E-state index contributed by atoms with van der Waals surface area (Å²) in [7, 11) is 0. The fourth-order valence-corrected chi connectivity index (χ4v) is 4.34. The molecule has 102 valence electrons. The van der Waals surface area contributed by atoms with Gasteiger partial charge < -0.3 is 0 Å². The van der Waals surface area contributed by atoms with Crippen molar-refractivity contribution in [2.45, 2.75) is 28.9 Å². The number of hydrogen-bond acceptors (Lipinski definition) is 7. The Labute approximate surface area is 127 Å². The predicted octanol–water partition coefficient (Wildman–Crippen LogP) is 3.55. The van der Waals surface area contributed by atoms with Gasteiger partial charge in [-0.05, 0) is 24.3 Å². The molecule has 3 aromatic heterocycles. The Hall–Kier alpha value is -1.25. The topological polar surface area (TPSA) is 67.3 Å². The molecule has 0 spiro atoms. The summed E-state index contributed by atoms with van der Waals surface area (Å²) in [6.45, 7) is 0. The van der Waals surface area contributed by atoms with Crippen LogP contribution in [-0.4, -0.2) is 25.4 Å². The highest BCUT2D eigenvalue weighted by molar-refractivity contribution is 8.00. The summed E-state index contributed by atoms with van der Waals surface area (Å²) in [5.41, 5.74) is 0. The summed E-state index contributed by atoms with van der Waals surface area (Å²) in [6.07, 6.45) is 2.54. The first-order valence-electron chi connectivity index (χ1n) is 6.30. The molecular weight excluding hydrogens is 310 g/mol. The van der Waals surface area contributed by atoms with Gasteiger partial charge >= 0.3 is 0 Å². The summed E-state index contributed by atoms with van der Waals surface area (Å²) in [6, 6.07) is 4.03. The average Bonchev–Trinajstić information content (AvgIpc) is 2.93. The van der Waals surface area contributed by atoms with E-state index in [-0.39, 0.29) is 0 Å². The first-order valence-corrected chi connectivity index (χ1v) is 8.98. The molecule has 5 nitrogen and oxygen atoms in total. The highest BCUT2D eigenvalue weighted by atomic mass is 32.2. The van der Waals surface area contributed by atoms with Crippen molar-refractivity contribution in [2.75, 3.05) is 0 Å². The minimum atomic E-state index is 0.678.